The molecule has 4 rings (SSSR count). The van der Waals surface area contributed by atoms with Crippen molar-refractivity contribution in [3.05, 3.63) is 83.9 Å². The Balaban J connectivity index is 1.56. The highest BCUT2D eigenvalue weighted by molar-refractivity contribution is 6.00. The number of rotatable bonds is 9. The molecule has 0 aliphatic carbocycles. The van der Waals surface area contributed by atoms with Crippen LogP contribution in [-0.4, -0.2) is 33.7 Å². The number of hydrogen-bond donors (Lipinski definition) is 4. The minimum Gasteiger partial charge on any atom is -0.481 e. The summed E-state index contributed by atoms with van der Waals surface area (Å²) in [7, 11) is 0. The van der Waals surface area contributed by atoms with Crippen molar-refractivity contribution >= 4 is 28.5 Å². The zero-order valence-electron chi connectivity index (χ0n) is 18.1. The summed E-state index contributed by atoms with van der Waals surface area (Å²) < 4.78 is 0. The fourth-order valence-electron chi connectivity index (χ4n) is 3.92. The molecule has 0 fully saturated rings. The first-order chi connectivity index (χ1) is 16.0. The standard InChI is InChI=1S/C26H26N4O3/c27-15-14-21(18-4-2-1-3-5-18)26(33)28-20-11-12-23-22(16-20)25(30-29-23)19-9-6-17(7-10-19)8-13-24(31)32/h1-7,9-12,16,21H,8,13-15,27H2,(H,28,33)(H,29,30)(H,31,32). The Bertz CT molecular complexity index is 1250. The molecule has 1 aromatic heterocycles. The molecule has 1 amide bonds. The molecular formula is C26H26N4O3. The minimum absolute atomic E-state index is 0.0983. The molecule has 7 nitrogen and oxygen atoms in total. The summed E-state index contributed by atoms with van der Waals surface area (Å²) >= 11 is 0. The number of fused-ring (bicyclic) bond motifs is 1. The van der Waals surface area contributed by atoms with Gasteiger partial charge in [0.2, 0.25) is 5.91 Å². The average Bonchev–Trinajstić information content (AvgIpc) is 3.25. The molecule has 0 saturated carbocycles. The minimum atomic E-state index is -0.812. The second-order valence-electron chi connectivity index (χ2n) is 7.95. The molecule has 5 N–H and O–H groups in total. The van der Waals surface area contributed by atoms with E-state index in [4.69, 9.17) is 10.8 Å². The van der Waals surface area contributed by atoms with Crippen LogP contribution in [0.3, 0.4) is 0 Å². The van der Waals surface area contributed by atoms with Crippen LogP contribution in [0.5, 0.6) is 0 Å². The van der Waals surface area contributed by atoms with Gasteiger partial charge in [0.05, 0.1) is 17.1 Å². The van der Waals surface area contributed by atoms with Crippen LogP contribution in [0.4, 0.5) is 5.69 Å². The van der Waals surface area contributed by atoms with Crippen molar-refractivity contribution in [2.75, 3.05) is 11.9 Å². The van der Waals surface area contributed by atoms with E-state index >= 15 is 0 Å². The van der Waals surface area contributed by atoms with E-state index in [9.17, 15) is 9.59 Å². The monoisotopic (exact) mass is 442 g/mol. The third-order valence-electron chi connectivity index (χ3n) is 5.66. The molecule has 0 radical (unpaired) electrons. The maximum Gasteiger partial charge on any atom is 0.303 e. The quantitative estimate of drug-likeness (QED) is 0.308. The van der Waals surface area contributed by atoms with Crippen LogP contribution < -0.4 is 11.1 Å². The molecule has 0 aliphatic heterocycles. The maximum atomic E-state index is 13.0. The van der Waals surface area contributed by atoms with Crippen LogP contribution >= 0.6 is 0 Å². The molecule has 7 heteroatoms. The number of aliphatic carboxylic acids is 1. The summed E-state index contributed by atoms with van der Waals surface area (Å²) in [6.45, 7) is 0.417. The predicted molar refractivity (Wildman–Crippen MR) is 129 cm³/mol. The van der Waals surface area contributed by atoms with Gasteiger partial charge in [-0.25, -0.2) is 0 Å². The first kappa shape index (κ1) is 22.2. The number of H-pyrrole nitrogens is 1. The number of carboxylic acid groups (broad SMARTS) is 1. The van der Waals surface area contributed by atoms with E-state index in [1.807, 2.05) is 72.8 Å². The van der Waals surface area contributed by atoms with E-state index in [0.717, 1.165) is 33.3 Å². The molecule has 3 aromatic carbocycles. The topological polar surface area (TPSA) is 121 Å². The Morgan fingerprint density at radius 2 is 1.79 bits per heavy atom. The molecule has 33 heavy (non-hydrogen) atoms. The number of nitrogens with one attached hydrogen (secondary N) is 2. The van der Waals surface area contributed by atoms with Gasteiger partial charge in [-0.05, 0) is 48.7 Å². The van der Waals surface area contributed by atoms with Gasteiger partial charge in [0.1, 0.15) is 0 Å². The zero-order valence-corrected chi connectivity index (χ0v) is 18.1. The van der Waals surface area contributed by atoms with Crippen LogP contribution in [0.1, 0.15) is 29.9 Å². The number of aromatic nitrogens is 2. The van der Waals surface area contributed by atoms with Gasteiger partial charge in [0, 0.05) is 23.1 Å². The summed E-state index contributed by atoms with van der Waals surface area (Å²) in [4.78, 5) is 23.8. The molecule has 0 saturated heterocycles. The molecule has 0 bridgehead atoms. The first-order valence-electron chi connectivity index (χ1n) is 10.9. The number of nitrogens with two attached hydrogens (primary N) is 1. The number of carbonyl (C=O) groups is 2. The molecule has 1 unspecified atom stereocenters. The van der Waals surface area contributed by atoms with Gasteiger partial charge >= 0.3 is 5.97 Å². The summed E-state index contributed by atoms with van der Waals surface area (Å²) in [6.07, 6.45) is 1.14. The molecule has 0 aliphatic rings. The van der Waals surface area contributed by atoms with Gasteiger partial charge in [-0.1, -0.05) is 54.6 Å². The molecule has 1 heterocycles. The number of aromatic amines is 1. The Morgan fingerprint density at radius 3 is 2.48 bits per heavy atom. The Kier molecular flexibility index (Phi) is 6.80. The van der Waals surface area contributed by atoms with E-state index in [0.29, 0.717) is 25.1 Å². The number of aryl methyl sites for hydroxylation is 1. The van der Waals surface area contributed by atoms with Crippen molar-refractivity contribution in [2.24, 2.45) is 5.73 Å². The van der Waals surface area contributed by atoms with Crippen molar-refractivity contribution < 1.29 is 14.7 Å². The lowest BCUT2D eigenvalue weighted by molar-refractivity contribution is -0.137. The molecule has 168 valence electrons. The van der Waals surface area contributed by atoms with E-state index in [-0.39, 0.29) is 18.2 Å². The van der Waals surface area contributed by atoms with E-state index in [1.165, 1.54) is 0 Å². The highest BCUT2D eigenvalue weighted by Gasteiger charge is 2.20. The Morgan fingerprint density at radius 1 is 1.03 bits per heavy atom. The summed E-state index contributed by atoms with van der Waals surface area (Å²) in [5, 5.41) is 20.3. The lowest BCUT2D eigenvalue weighted by atomic mass is 9.94. The number of amides is 1. The van der Waals surface area contributed by atoms with Crippen molar-refractivity contribution in [2.45, 2.75) is 25.2 Å². The van der Waals surface area contributed by atoms with Crippen LogP contribution in [0.25, 0.3) is 22.2 Å². The van der Waals surface area contributed by atoms with E-state index < -0.39 is 5.97 Å². The first-order valence-corrected chi connectivity index (χ1v) is 10.9. The van der Waals surface area contributed by atoms with Crippen LogP contribution in [0.2, 0.25) is 0 Å². The summed E-state index contributed by atoms with van der Waals surface area (Å²) in [6, 6.07) is 23.0. The Labute approximate surface area is 191 Å². The van der Waals surface area contributed by atoms with Crippen molar-refractivity contribution in [1.82, 2.24) is 10.2 Å². The summed E-state index contributed by atoms with van der Waals surface area (Å²) in [5.74, 6) is -1.24. The average molecular weight is 443 g/mol. The molecule has 4 aromatic rings. The van der Waals surface area contributed by atoms with Gasteiger partial charge in [0.25, 0.3) is 0 Å². The van der Waals surface area contributed by atoms with Crippen molar-refractivity contribution in [3.63, 3.8) is 0 Å². The lowest BCUT2D eigenvalue weighted by Gasteiger charge is -2.16. The third kappa shape index (κ3) is 5.27. The highest BCUT2D eigenvalue weighted by atomic mass is 16.4. The molecule has 0 spiro atoms. The second kappa shape index (κ2) is 10.1. The fourth-order valence-corrected chi connectivity index (χ4v) is 3.92. The van der Waals surface area contributed by atoms with Crippen LogP contribution in [0.15, 0.2) is 72.8 Å². The van der Waals surface area contributed by atoms with E-state index in [2.05, 4.69) is 15.5 Å². The lowest BCUT2D eigenvalue weighted by Crippen LogP contribution is -2.23. The normalized spacial score (nSPS) is 11.9. The largest absolute Gasteiger partial charge is 0.481 e. The maximum absolute atomic E-state index is 13.0. The van der Waals surface area contributed by atoms with Crippen molar-refractivity contribution in [1.29, 1.82) is 0 Å². The molecular weight excluding hydrogens is 416 g/mol. The van der Waals surface area contributed by atoms with Crippen LogP contribution in [0, 0.1) is 0 Å². The zero-order chi connectivity index (χ0) is 23.2. The smallest absolute Gasteiger partial charge is 0.303 e. The number of carboxylic acids is 1. The Hall–Kier alpha value is -3.97. The summed E-state index contributed by atoms with van der Waals surface area (Å²) in [5.41, 5.74) is 10.9. The predicted octanol–water partition coefficient (Wildman–Crippen LogP) is 4.32. The number of benzene rings is 3. The van der Waals surface area contributed by atoms with Gasteiger partial charge in [-0.3, -0.25) is 14.7 Å². The van der Waals surface area contributed by atoms with Gasteiger partial charge in [-0.15, -0.1) is 0 Å². The van der Waals surface area contributed by atoms with Crippen molar-refractivity contribution in [3.8, 4) is 11.3 Å². The SMILES string of the molecule is NCCC(C(=O)Nc1ccc2[nH]nc(-c3ccc(CCC(=O)O)cc3)c2c1)c1ccccc1. The van der Waals surface area contributed by atoms with E-state index in [1.54, 1.807) is 0 Å². The number of anilines is 1. The molecule has 1 atom stereocenters. The van der Waals surface area contributed by atoms with Gasteiger partial charge in [-0.2, -0.15) is 5.10 Å². The number of hydrogen-bond acceptors (Lipinski definition) is 4. The third-order valence-corrected chi connectivity index (χ3v) is 5.66. The van der Waals surface area contributed by atoms with Gasteiger partial charge in [0.15, 0.2) is 0 Å². The highest BCUT2D eigenvalue weighted by Crippen LogP contribution is 2.30. The number of carbonyl (C=O) groups excluding carboxylic acids is 1. The fraction of sp³-hybridized carbons (Fsp3) is 0.192. The van der Waals surface area contributed by atoms with Gasteiger partial charge < -0.3 is 16.2 Å². The number of nitrogens with zero attached hydrogens (tertiary/aromatic N) is 1. The second-order valence-corrected chi connectivity index (χ2v) is 7.95. The van der Waals surface area contributed by atoms with Crippen LogP contribution in [-0.2, 0) is 16.0 Å².